The van der Waals surface area contributed by atoms with Gasteiger partial charge in [-0.2, -0.15) is 0 Å². The molecule has 0 radical (unpaired) electrons. The smallest absolute Gasteiger partial charge is 0.323 e. The fourth-order valence-electron chi connectivity index (χ4n) is 4.17. The Hall–Kier alpha value is -2.68. The predicted molar refractivity (Wildman–Crippen MR) is 130 cm³/mol. The van der Waals surface area contributed by atoms with E-state index in [1.807, 2.05) is 43.3 Å². The highest BCUT2D eigenvalue weighted by Crippen LogP contribution is 2.28. The lowest BCUT2D eigenvalue weighted by Gasteiger charge is -2.33. The molecule has 1 saturated heterocycles. The molecule has 1 fully saturated rings. The van der Waals surface area contributed by atoms with Gasteiger partial charge in [-0.15, -0.1) is 12.4 Å². The van der Waals surface area contributed by atoms with Crippen LogP contribution in [0.25, 0.3) is 11.0 Å². The number of rotatable bonds is 9. The van der Waals surface area contributed by atoms with Crippen molar-refractivity contribution in [3.63, 3.8) is 0 Å². The van der Waals surface area contributed by atoms with E-state index in [4.69, 9.17) is 14.2 Å². The molecule has 1 aliphatic heterocycles. The number of aryl methyl sites for hydroxylation is 1. The topological polar surface area (TPSA) is 99.8 Å². The number of H-pyrrole nitrogens is 2. The first-order valence-corrected chi connectivity index (χ1v) is 11.0. The number of hydrogen-bond donors (Lipinski definition) is 3. The molecule has 1 aliphatic rings. The van der Waals surface area contributed by atoms with Crippen LogP contribution >= 0.6 is 12.4 Å². The summed E-state index contributed by atoms with van der Waals surface area (Å²) >= 11 is 0. The number of nitrogens with one attached hydrogen (secondary N) is 2. The molecule has 0 aliphatic carbocycles. The number of benzene rings is 2. The third-order valence-electron chi connectivity index (χ3n) is 6.00. The second-order valence-electron chi connectivity index (χ2n) is 8.38. The van der Waals surface area contributed by atoms with Gasteiger partial charge in [0.15, 0.2) is 11.5 Å². The fraction of sp³-hybridized carbons (Fsp3) is 0.458. The van der Waals surface area contributed by atoms with Crippen molar-refractivity contribution in [1.29, 1.82) is 0 Å². The molecule has 33 heavy (non-hydrogen) atoms. The molecule has 1 atom stereocenters. The van der Waals surface area contributed by atoms with E-state index in [1.54, 1.807) is 7.11 Å². The van der Waals surface area contributed by atoms with Crippen LogP contribution in [0.4, 0.5) is 0 Å². The Kier molecular flexibility index (Phi) is 8.66. The zero-order valence-electron chi connectivity index (χ0n) is 19.0. The number of nitrogens with zero attached hydrogens (tertiary/aromatic N) is 1. The van der Waals surface area contributed by atoms with Crippen molar-refractivity contribution >= 4 is 23.4 Å². The lowest BCUT2D eigenvalue weighted by Crippen LogP contribution is -2.41. The largest absolute Gasteiger partial charge is 0.493 e. The molecule has 8 nitrogen and oxygen atoms in total. The second-order valence-corrected chi connectivity index (χ2v) is 8.38. The van der Waals surface area contributed by atoms with E-state index in [9.17, 15) is 9.90 Å². The van der Waals surface area contributed by atoms with Crippen molar-refractivity contribution in [2.45, 2.75) is 25.9 Å². The summed E-state index contributed by atoms with van der Waals surface area (Å²) in [6.07, 6.45) is 1.43. The monoisotopic (exact) mass is 477 g/mol. The highest BCUT2D eigenvalue weighted by Gasteiger charge is 2.22. The van der Waals surface area contributed by atoms with Gasteiger partial charge in [0, 0.05) is 6.54 Å². The average Bonchev–Trinajstić information content (AvgIpc) is 3.21. The first-order valence-electron chi connectivity index (χ1n) is 11.0. The van der Waals surface area contributed by atoms with Gasteiger partial charge in [0.1, 0.15) is 24.0 Å². The van der Waals surface area contributed by atoms with Crippen LogP contribution in [0.1, 0.15) is 18.4 Å². The van der Waals surface area contributed by atoms with Crippen molar-refractivity contribution in [2.24, 2.45) is 5.92 Å². The number of para-hydroxylation sites is 2. The minimum absolute atomic E-state index is 0. The predicted octanol–water partition coefficient (Wildman–Crippen LogP) is 3.13. The highest BCUT2D eigenvalue weighted by atomic mass is 35.5. The summed E-state index contributed by atoms with van der Waals surface area (Å²) in [7, 11) is 1.65. The number of aliphatic hydroxyl groups excluding tert-OH is 1. The van der Waals surface area contributed by atoms with Gasteiger partial charge in [0.25, 0.3) is 0 Å². The Labute approximate surface area is 199 Å². The number of β-amino-alcohol motifs (C(OH)–C–C–N with tert-alkyl or cyclic N) is 1. The van der Waals surface area contributed by atoms with Gasteiger partial charge < -0.3 is 34.2 Å². The maximum absolute atomic E-state index is 11.6. The minimum atomic E-state index is -0.613. The summed E-state index contributed by atoms with van der Waals surface area (Å²) in [6.45, 7) is 5.14. The van der Waals surface area contributed by atoms with Gasteiger partial charge in [-0.1, -0.05) is 18.2 Å². The number of fused-ring (bicyclic) bond motifs is 1. The van der Waals surface area contributed by atoms with Crippen LogP contribution in [-0.4, -0.2) is 66.0 Å². The maximum atomic E-state index is 11.6. The van der Waals surface area contributed by atoms with E-state index >= 15 is 0 Å². The Balaban J connectivity index is 0.00000306. The summed E-state index contributed by atoms with van der Waals surface area (Å²) < 4.78 is 17.1. The van der Waals surface area contributed by atoms with Crippen LogP contribution < -0.4 is 19.9 Å². The third-order valence-corrected chi connectivity index (χ3v) is 6.00. The summed E-state index contributed by atoms with van der Waals surface area (Å²) in [5.74, 6) is 2.58. The van der Waals surface area contributed by atoms with Crippen LogP contribution in [-0.2, 0) is 0 Å². The normalized spacial score (nSPS) is 15.7. The molecule has 3 N–H and O–H groups in total. The summed E-state index contributed by atoms with van der Waals surface area (Å²) in [5.41, 5.74) is 2.07. The van der Waals surface area contributed by atoms with E-state index in [1.165, 1.54) is 0 Å². The number of ether oxygens (including phenoxy) is 3. The van der Waals surface area contributed by atoms with E-state index in [-0.39, 0.29) is 24.7 Å². The molecule has 2 heterocycles. The average molecular weight is 478 g/mol. The fourth-order valence-corrected chi connectivity index (χ4v) is 4.17. The number of aliphatic hydroxyl groups is 1. The standard InChI is InChI=1S/C24H31N3O5.ClH/c1-16-7-8-21(23-22(16)25-24(29)26-23)32-15-18(28)13-27-11-9-17(10-12-27)14-31-20-6-4-3-5-19(20)30-2;/h3-8,17-18,28H,9-15H2,1-2H3,(H2,25,26,29);1H. The van der Waals surface area contributed by atoms with Crippen molar-refractivity contribution < 1.29 is 19.3 Å². The Morgan fingerprint density at radius 3 is 2.45 bits per heavy atom. The van der Waals surface area contributed by atoms with Crippen molar-refractivity contribution in [2.75, 3.05) is 40.0 Å². The van der Waals surface area contributed by atoms with Gasteiger partial charge in [0.2, 0.25) is 0 Å². The molecule has 0 saturated carbocycles. The first-order chi connectivity index (χ1) is 15.5. The number of aromatic nitrogens is 2. The highest BCUT2D eigenvalue weighted by molar-refractivity contribution is 5.85. The SMILES string of the molecule is COc1ccccc1OCC1CCN(CC(O)COc2ccc(C)c3[nH]c(=O)[nH]c23)CC1.Cl. The quantitative estimate of drug-likeness (QED) is 0.438. The van der Waals surface area contributed by atoms with E-state index in [0.29, 0.717) is 30.3 Å². The van der Waals surface area contributed by atoms with Crippen LogP contribution in [0.5, 0.6) is 17.2 Å². The molecule has 2 aromatic carbocycles. The molecule has 9 heteroatoms. The summed E-state index contributed by atoms with van der Waals surface area (Å²) in [6, 6.07) is 11.4. The third kappa shape index (κ3) is 6.22. The molecule has 0 bridgehead atoms. The van der Waals surface area contributed by atoms with Crippen molar-refractivity contribution in [3.05, 3.63) is 52.4 Å². The number of methoxy groups -OCH3 is 1. The Morgan fingerprint density at radius 2 is 1.73 bits per heavy atom. The summed E-state index contributed by atoms with van der Waals surface area (Å²) in [5, 5.41) is 10.5. The van der Waals surface area contributed by atoms with Crippen molar-refractivity contribution in [1.82, 2.24) is 14.9 Å². The molecule has 0 amide bonds. The Morgan fingerprint density at radius 1 is 1.03 bits per heavy atom. The molecule has 1 unspecified atom stereocenters. The molecule has 1 aromatic heterocycles. The van der Waals surface area contributed by atoms with Crippen LogP contribution in [0.2, 0.25) is 0 Å². The second kappa shape index (κ2) is 11.4. The van der Waals surface area contributed by atoms with E-state index in [2.05, 4.69) is 14.9 Å². The number of aromatic amines is 2. The molecule has 0 spiro atoms. The lowest BCUT2D eigenvalue weighted by molar-refractivity contribution is 0.0505. The van der Waals surface area contributed by atoms with Gasteiger partial charge in [-0.05, 0) is 62.5 Å². The summed E-state index contributed by atoms with van der Waals surface area (Å²) in [4.78, 5) is 19.4. The Bertz CT molecular complexity index is 1090. The maximum Gasteiger partial charge on any atom is 0.323 e. The number of imidazole rings is 1. The first kappa shape index (κ1) is 25.0. The number of likely N-dealkylation sites (tertiary alicyclic amines) is 1. The number of hydrogen-bond acceptors (Lipinski definition) is 6. The number of halogens is 1. The van der Waals surface area contributed by atoms with Crippen LogP contribution in [0.15, 0.2) is 41.2 Å². The van der Waals surface area contributed by atoms with Crippen LogP contribution in [0.3, 0.4) is 0 Å². The molecule has 180 valence electrons. The van der Waals surface area contributed by atoms with E-state index < -0.39 is 6.10 Å². The molecule has 4 rings (SSSR count). The van der Waals surface area contributed by atoms with Gasteiger partial charge in [-0.25, -0.2) is 4.79 Å². The van der Waals surface area contributed by atoms with Gasteiger partial charge in [0.05, 0.1) is 19.2 Å². The van der Waals surface area contributed by atoms with Gasteiger partial charge in [-0.3, -0.25) is 0 Å². The van der Waals surface area contributed by atoms with Gasteiger partial charge >= 0.3 is 5.69 Å². The lowest BCUT2D eigenvalue weighted by atomic mass is 9.97. The molecular weight excluding hydrogens is 446 g/mol. The number of piperidine rings is 1. The van der Waals surface area contributed by atoms with E-state index in [0.717, 1.165) is 48.5 Å². The molecule has 3 aromatic rings. The van der Waals surface area contributed by atoms with Crippen LogP contribution in [0, 0.1) is 12.8 Å². The zero-order valence-corrected chi connectivity index (χ0v) is 19.8. The molecular formula is C24H32ClN3O5. The zero-order chi connectivity index (χ0) is 22.5. The van der Waals surface area contributed by atoms with Crippen molar-refractivity contribution in [3.8, 4) is 17.2 Å². The minimum Gasteiger partial charge on any atom is -0.493 e.